The van der Waals surface area contributed by atoms with Gasteiger partial charge in [-0.1, -0.05) is 0 Å². The predicted molar refractivity (Wildman–Crippen MR) is 73.8 cm³/mol. The van der Waals surface area contributed by atoms with Gasteiger partial charge in [0.2, 0.25) is 0 Å². The van der Waals surface area contributed by atoms with Crippen LogP contribution in [-0.2, 0) is 16.4 Å². The van der Waals surface area contributed by atoms with E-state index in [4.69, 9.17) is 12.2 Å². The number of rotatable bonds is 3. The van der Waals surface area contributed by atoms with Crippen molar-refractivity contribution in [2.24, 2.45) is 0 Å². The van der Waals surface area contributed by atoms with Gasteiger partial charge in [-0.3, -0.25) is 4.57 Å². The molecule has 0 saturated heterocycles. The van der Waals surface area contributed by atoms with E-state index >= 15 is 0 Å². The lowest BCUT2D eigenvalue weighted by Gasteiger charge is -2.22. The number of fused-ring (bicyclic) bond motifs is 1. The summed E-state index contributed by atoms with van der Waals surface area (Å²) in [4.78, 5) is 7.26. The van der Waals surface area contributed by atoms with Gasteiger partial charge in [-0.05, 0) is 38.2 Å². The van der Waals surface area contributed by atoms with Crippen molar-refractivity contribution in [2.45, 2.75) is 25.1 Å². The summed E-state index contributed by atoms with van der Waals surface area (Å²) in [6.45, 7) is 3.65. The molecule has 1 N–H and O–H groups in total. The SMILES string of the molecule is CC(C)(Cn1c(=S)[nH]c2cccnc21)S(C)(=O)=O. The fourth-order valence-corrected chi connectivity index (χ4v) is 2.26. The molecule has 2 heterocycles. The summed E-state index contributed by atoms with van der Waals surface area (Å²) in [5.41, 5.74) is 1.49. The van der Waals surface area contributed by atoms with Gasteiger partial charge in [0.15, 0.2) is 20.3 Å². The molecule has 0 atom stereocenters. The number of sulfone groups is 1. The van der Waals surface area contributed by atoms with Crippen LogP contribution in [-0.4, -0.2) is 34.0 Å². The van der Waals surface area contributed by atoms with E-state index in [0.717, 1.165) is 5.52 Å². The van der Waals surface area contributed by atoms with E-state index in [1.54, 1.807) is 30.7 Å². The summed E-state index contributed by atoms with van der Waals surface area (Å²) < 4.78 is 24.8. The minimum atomic E-state index is -3.17. The second-order valence-electron chi connectivity index (χ2n) is 4.92. The lowest BCUT2D eigenvalue weighted by Crippen LogP contribution is -2.35. The summed E-state index contributed by atoms with van der Waals surface area (Å²) in [5, 5.41) is 0. The normalized spacial score (nSPS) is 13.1. The van der Waals surface area contributed by atoms with E-state index in [2.05, 4.69) is 9.97 Å². The third kappa shape index (κ3) is 2.20. The second kappa shape index (κ2) is 4.17. The molecule has 5 nitrogen and oxygen atoms in total. The van der Waals surface area contributed by atoms with Crippen LogP contribution in [0.3, 0.4) is 0 Å². The number of aromatic nitrogens is 3. The third-order valence-corrected chi connectivity index (χ3v) is 5.53. The van der Waals surface area contributed by atoms with Crippen LogP contribution in [0.4, 0.5) is 0 Å². The van der Waals surface area contributed by atoms with E-state index in [-0.39, 0.29) is 6.54 Å². The van der Waals surface area contributed by atoms with Crippen molar-refractivity contribution < 1.29 is 8.42 Å². The smallest absolute Gasteiger partial charge is 0.179 e. The number of nitrogens with one attached hydrogen (secondary N) is 1. The summed E-state index contributed by atoms with van der Waals surface area (Å²) >= 11 is 5.22. The lowest BCUT2D eigenvalue weighted by molar-refractivity contribution is 0.505. The van der Waals surface area contributed by atoms with Crippen molar-refractivity contribution in [1.82, 2.24) is 14.5 Å². The Labute approximate surface area is 111 Å². The Hall–Kier alpha value is -1.21. The molecule has 0 aromatic carbocycles. The molecular weight excluding hydrogens is 270 g/mol. The van der Waals surface area contributed by atoms with E-state index in [1.807, 2.05) is 6.07 Å². The highest BCUT2D eigenvalue weighted by molar-refractivity contribution is 7.92. The summed E-state index contributed by atoms with van der Waals surface area (Å²) in [7, 11) is -3.17. The Kier molecular flexibility index (Phi) is 3.06. The highest BCUT2D eigenvalue weighted by Crippen LogP contribution is 2.21. The van der Waals surface area contributed by atoms with Crippen LogP contribution < -0.4 is 0 Å². The van der Waals surface area contributed by atoms with E-state index in [1.165, 1.54) is 6.26 Å². The van der Waals surface area contributed by atoms with Gasteiger partial charge in [-0.15, -0.1) is 0 Å². The zero-order valence-electron chi connectivity index (χ0n) is 10.5. The van der Waals surface area contributed by atoms with Gasteiger partial charge in [-0.2, -0.15) is 0 Å². The van der Waals surface area contributed by atoms with Crippen molar-refractivity contribution in [3.63, 3.8) is 0 Å². The van der Waals surface area contributed by atoms with E-state index in [9.17, 15) is 8.42 Å². The molecule has 7 heteroatoms. The second-order valence-corrected chi connectivity index (χ2v) is 7.96. The van der Waals surface area contributed by atoms with Crippen molar-refractivity contribution >= 4 is 33.2 Å². The van der Waals surface area contributed by atoms with Crippen LogP contribution in [0.1, 0.15) is 13.8 Å². The molecule has 2 aromatic heterocycles. The molecule has 18 heavy (non-hydrogen) atoms. The van der Waals surface area contributed by atoms with Gasteiger partial charge in [0, 0.05) is 19.0 Å². The maximum absolute atomic E-state index is 11.7. The van der Waals surface area contributed by atoms with Gasteiger partial charge in [-0.25, -0.2) is 13.4 Å². The molecule has 0 spiro atoms. The van der Waals surface area contributed by atoms with Crippen LogP contribution in [0.5, 0.6) is 0 Å². The Morgan fingerprint density at radius 3 is 2.78 bits per heavy atom. The Morgan fingerprint density at radius 1 is 1.50 bits per heavy atom. The number of aromatic amines is 1. The highest BCUT2D eigenvalue weighted by atomic mass is 32.2. The fourth-order valence-electron chi connectivity index (χ4n) is 1.63. The molecule has 0 unspecified atom stereocenters. The first-order valence-corrected chi connectivity index (χ1v) is 7.75. The summed E-state index contributed by atoms with van der Waals surface area (Å²) in [5.74, 6) is 0. The average Bonchev–Trinajstić information content (AvgIpc) is 2.54. The number of nitrogens with zero attached hydrogens (tertiary/aromatic N) is 2. The predicted octanol–water partition coefficient (Wildman–Crippen LogP) is 1.92. The van der Waals surface area contributed by atoms with Gasteiger partial charge in [0.25, 0.3) is 0 Å². The maximum atomic E-state index is 11.7. The number of imidazole rings is 1. The van der Waals surface area contributed by atoms with Gasteiger partial charge < -0.3 is 4.98 Å². The monoisotopic (exact) mass is 285 g/mol. The third-order valence-electron chi connectivity index (χ3n) is 3.07. The largest absolute Gasteiger partial charge is 0.329 e. The lowest BCUT2D eigenvalue weighted by atomic mass is 10.2. The van der Waals surface area contributed by atoms with Crippen molar-refractivity contribution in [3.05, 3.63) is 23.1 Å². The molecule has 2 aromatic rings. The molecule has 98 valence electrons. The number of pyridine rings is 1. The molecule has 0 aliphatic rings. The van der Waals surface area contributed by atoms with Crippen LogP contribution in [0.2, 0.25) is 0 Å². The van der Waals surface area contributed by atoms with Crippen LogP contribution in [0.15, 0.2) is 18.3 Å². The number of hydrogen-bond acceptors (Lipinski definition) is 4. The minimum Gasteiger partial charge on any atom is -0.329 e. The molecule has 0 aliphatic carbocycles. The van der Waals surface area contributed by atoms with Crippen LogP contribution in [0.25, 0.3) is 11.2 Å². The van der Waals surface area contributed by atoms with Gasteiger partial charge in [0.1, 0.15) is 0 Å². The fraction of sp³-hybridized carbons (Fsp3) is 0.455. The number of hydrogen-bond donors (Lipinski definition) is 1. The molecule has 0 saturated carbocycles. The Balaban J connectivity index is 2.57. The Bertz CT molecular complexity index is 741. The van der Waals surface area contributed by atoms with E-state index in [0.29, 0.717) is 10.4 Å². The molecule has 0 aliphatic heterocycles. The summed E-state index contributed by atoms with van der Waals surface area (Å²) in [6, 6.07) is 3.67. The van der Waals surface area contributed by atoms with Crippen LogP contribution in [0, 0.1) is 4.77 Å². The topological polar surface area (TPSA) is 67.8 Å². The molecule has 0 amide bonds. The zero-order chi connectivity index (χ0) is 13.6. The van der Waals surface area contributed by atoms with Crippen molar-refractivity contribution in [3.8, 4) is 0 Å². The first-order chi connectivity index (χ1) is 8.22. The van der Waals surface area contributed by atoms with Crippen LogP contribution >= 0.6 is 12.2 Å². The quantitative estimate of drug-likeness (QED) is 0.875. The number of H-pyrrole nitrogens is 1. The highest BCUT2D eigenvalue weighted by Gasteiger charge is 2.31. The minimum absolute atomic E-state index is 0.279. The summed E-state index contributed by atoms with van der Waals surface area (Å²) in [6.07, 6.45) is 2.90. The molecular formula is C11H15N3O2S2. The maximum Gasteiger partial charge on any atom is 0.179 e. The zero-order valence-corrected chi connectivity index (χ0v) is 12.1. The van der Waals surface area contributed by atoms with Gasteiger partial charge >= 0.3 is 0 Å². The van der Waals surface area contributed by atoms with Crippen molar-refractivity contribution in [1.29, 1.82) is 0 Å². The molecule has 0 bridgehead atoms. The first kappa shape index (κ1) is 13.2. The van der Waals surface area contributed by atoms with Gasteiger partial charge in [0.05, 0.1) is 10.3 Å². The Morgan fingerprint density at radius 2 is 2.17 bits per heavy atom. The molecule has 2 rings (SSSR count). The molecule has 0 radical (unpaired) electrons. The average molecular weight is 285 g/mol. The van der Waals surface area contributed by atoms with Crippen molar-refractivity contribution in [2.75, 3.05) is 6.26 Å². The van der Waals surface area contributed by atoms with E-state index < -0.39 is 14.6 Å². The molecule has 0 fully saturated rings. The first-order valence-electron chi connectivity index (χ1n) is 5.45. The standard InChI is InChI=1S/C11H15N3O2S2/c1-11(2,18(3,15)16)7-14-9-8(13-10(14)17)5-4-6-12-9/h4-6H,7H2,1-3H3,(H,13,17).